The topological polar surface area (TPSA) is 29.9 Å². The lowest BCUT2D eigenvalue weighted by Crippen LogP contribution is -2.26. The molecule has 16 heavy (non-hydrogen) atoms. The molecule has 0 atom stereocenters. The van der Waals surface area contributed by atoms with Crippen LogP contribution in [0.1, 0.15) is 24.3 Å². The van der Waals surface area contributed by atoms with Gasteiger partial charge >= 0.3 is 0 Å². The first-order chi connectivity index (χ1) is 7.86. The second-order valence-corrected chi connectivity index (χ2v) is 4.59. The third kappa shape index (κ3) is 1.52. The normalized spacial score (nSPS) is 18.1. The number of aryl methyl sites for hydroxylation is 1. The Hall–Kier alpha value is -1.35. The zero-order valence-electron chi connectivity index (χ0n) is 9.61. The standard InChI is InChI=1S/C13H17N3/c1-16-9-11(10-4-7-14-8-5-10)13-12(16)3-2-6-15-13/h2-3,6,9-10,14H,4-5,7-8H2,1H3. The molecule has 0 saturated carbocycles. The van der Waals surface area contributed by atoms with Crippen LogP contribution in [0.3, 0.4) is 0 Å². The van der Waals surface area contributed by atoms with Gasteiger partial charge in [-0.25, -0.2) is 0 Å². The van der Waals surface area contributed by atoms with Crippen LogP contribution >= 0.6 is 0 Å². The number of hydrogen-bond acceptors (Lipinski definition) is 2. The van der Waals surface area contributed by atoms with E-state index >= 15 is 0 Å². The minimum Gasteiger partial charge on any atom is -0.349 e. The molecular weight excluding hydrogens is 198 g/mol. The van der Waals surface area contributed by atoms with Gasteiger partial charge in [0, 0.05) is 19.4 Å². The van der Waals surface area contributed by atoms with Gasteiger partial charge in [0.25, 0.3) is 0 Å². The fourth-order valence-corrected chi connectivity index (χ4v) is 2.67. The molecule has 2 aromatic heterocycles. The van der Waals surface area contributed by atoms with Crippen molar-refractivity contribution < 1.29 is 0 Å². The van der Waals surface area contributed by atoms with Crippen molar-refractivity contribution in [3.05, 3.63) is 30.1 Å². The number of nitrogens with zero attached hydrogens (tertiary/aromatic N) is 2. The van der Waals surface area contributed by atoms with Gasteiger partial charge in [0.1, 0.15) is 0 Å². The van der Waals surface area contributed by atoms with Gasteiger partial charge in [-0.15, -0.1) is 0 Å². The molecule has 0 spiro atoms. The molecule has 0 radical (unpaired) electrons. The van der Waals surface area contributed by atoms with Crippen molar-refractivity contribution in [3.8, 4) is 0 Å². The second-order valence-electron chi connectivity index (χ2n) is 4.59. The van der Waals surface area contributed by atoms with Crippen LogP contribution < -0.4 is 5.32 Å². The summed E-state index contributed by atoms with van der Waals surface area (Å²) >= 11 is 0. The van der Waals surface area contributed by atoms with Gasteiger partial charge in [-0.2, -0.15) is 0 Å². The van der Waals surface area contributed by atoms with Crippen molar-refractivity contribution in [1.29, 1.82) is 0 Å². The van der Waals surface area contributed by atoms with Crippen LogP contribution in [0.4, 0.5) is 0 Å². The third-order valence-corrected chi connectivity index (χ3v) is 3.55. The fraction of sp³-hybridized carbons (Fsp3) is 0.462. The number of piperidine rings is 1. The van der Waals surface area contributed by atoms with Crippen molar-refractivity contribution in [2.45, 2.75) is 18.8 Å². The van der Waals surface area contributed by atoms with Crippen LogP contribution in [0.5, 0.6) is 0 Å². The molecule has 1 fully saturated rings. The SMILES string of the molecule is Cn1cc(C2CCNCC2)c2ncccc21. The van der Waals surface area contributed by atoms with Crippen LogP contribution in [0, 0.1) is 0 Å². The molecule has 1 saturated heterocycles. The van der Waals surface area contributed by atoms with E-state index in [1.807, 2.05) is 12.3 Å². The summed E-state index contributed by atoms with van der Waals surface area (Å²) in [5.74, 6) is 0.680. The number of rotatable bonds is 1. The average molecular weight is 215 g/mol. The Morgan fingerprint density at radius 3 is 3.00 bits per heavy atom. The van der Waals surface area contributed by atoms with Crippen LogP contribution in [0.15, 0.2) is 24.5 Å². The third-order valence-electron chi connectivity index (χ3n) is 3.55. The Bertz CT molecular complexity index is 495. The Labute approximate surface area is 95.5 Å². The van der Waals surface area contributed by atoms with Gasteiger partial charge in [-0.05, 0) is 49.5 Å². The number of aromatic nitrogens is 2. The van der Waals surface area contributed by atoms with Gasteiger partial charge in [-0.3, -0.25) is 4.98 Å². The summed E-state index contributed by atoms with van der Waals surface area (Å²) in [6, 6.07) is 4.15. The maximum atomic E-state index is 4.54. The fourth-order valence-electron chi connectivity index (χ4n) is 2.67. The van der Waals surface area contributed by atoms with Crippen molar-refractivity contribution in [2.24, 2.45) is 7.05 Å². The minimum absolute atomic E-state index is 0.680. The number of hydrogen-bond donors (Lipinski definition) is 1. The van der Waals surface area contributed by atoms with E-state index in [0.717, 1.165) is 13.1 Å². The molecule has 84 valence electrons. The van der Waals surface area contributed by atoms with E-state index in [0.29, 0.717) is 5.92 Å². The van der Waals surface area contributed by atoms with Crippen LogP contribution in [0.25, 0.3) is 11.0 Å². The Balaban J connectivity index is 2.08. The molecule has 3 heteroatoms. The molecular formula is C13H17N3. The quantitative estimate of drug-likeness (QED) is 0.789. The summed E-state index contributed by atoms with van der Waals surface area (Å²) in [5, 5.41) is 3.41. The molecule has 1 aliphatic heterocycles. The summed E-state index contributed by atoms with van der Waals surface area (Å²) in [6.07, 6.45) is 6.62. The monoisotopic (exact) mass is 215 g/mol. The van der Waals surface area contributed by atoms with Crippen LogP contribution in [-0.2, 0) is 7.05 Å². The highest BCUT2D eigenvalue weighted by Gasteiger charge is 2.19. The van der Waals surface area contributed by atoms with Gasteiger partial charge < -0.3 is 9.88 Å². The largest absolute Gasteiger partial charge is 0.349 e. The average Bonchev–Trinajstić information content (AvgIpc) is 2.69. The van der Waals surface area contributed by atoms with E-state index in [-0.39, 0.29) is 0 Å². The van der Waals surface area contributed by atoms with Gasteiger partial charge in [0.15, 0.2) is 0 Å². The molecule has 0 aromatic carbocycles. The number of fused-ring (bicyclic) bond motifs is 1. The highest BCUT2D eigenvalue weighted by Crippen LogP contribution is 2.31. The summed E-state index contributed by atoms with van der Waals surface area (Å²) < 4.78 is 2.19. The predicted molar refractivity (Wildman–Crippen MR) is 65.6 cm³/mol. The van der Waals surface area contributed by atoms with E-state index in [9.17, 15) is 0 Å². The van der Waals surface area contributed by atoms with E-state index in [1.54, 1.807) is 0 Å². The first kappa shape index (κ1) is 9.85. The summed E-state index contributed by atoms with van der Waals surface area (Å²) in [6.45, 7) is 2.27. The number of nitrogens with one attached hydrogen (secondary N) is 1. The van der Waals surface area contributed by atoms with Crippen molar-refractivity contribution in [2.75, 3.05) is 13.1 Å². The Morgan fingerprint density at radius 1 is 1.38 bits per heavy atom. The van der Waals surface area contributed by atoms with E-state index < -0.39 is 0 Å². The highest BCUT2D eigenvalue weighted by molar-refractivity contribution is 5.80. The predicted octanol–water partition coefficient (Wildman–Crippen LogP) is 2.04. The Morgan fingerprint density at radius 2 is 2.19 bits per heavy atom. The molecule has 3 heterocycles. The lowest BCUT2D eigenvalue weighted by Gasteiger charge is -2.21. The second kappa shape index (κ2) is 3.91. The van der Waals surface area contributed by atoms with Crippen LogP contribution in [-0.4, -0.2) is 22.6 Å². The van der Waals surface area contributed by atoms with Crippen molar-refractivity contribution >= 4 is 11.0 Å². The minimum atomic E-state index is 0.680. The van der Waals surface area contributed by atoms with Gasteiger partial charge in [-0.1, -0.05) is 0 Å². The molecule has 0 aliphatic carbocycles. The molecule has 1 aliphatic rings. The Kier molecular flexibility index (Phi) is 2.40. The molecule has 3 rings (SSSR count). The lowest BCUT2D eigenvalue weighted by atomic mass is 9.91. The van der Waals surface area contributed by atoms with E-state index in [1.165, 1.54) is 29.4 Å². The van der Waals surface area contributed by atoms with Crippen LogP contribution in [0.2, 0.25) is 0 Å². The maximum Gasteiger partial charge on any atom is 0.0915 e. The molecule has 0 amide bonds. The molecule has 0 unspecified atom stereocenters. The summed E-state index contributed by atoms with van der Waals surface area (Å²) in [4.78, 5) is 4.54. The lowest BCUT2D eigenvalue weighted by molar-refractivity contribution is 0.461. The first-order valence-corrected chi connectivity index (χ1v) is 5.97. The highest BCUT2D eigenvalue weighted by atomic mass is 14.9. The molecule has 0 bridgehead atoms. The van der Waals surface area contributed by atoms with E-state index in [4.69, 9.17) is 0 Å². The molecule has 1 N–H and O–H groups in total. The summed E-state index contributed by atoms with van der Waals surface area (Å²) in [5.41, 5.74) is 3.87. The van der Waals surface area contributed by atoms with E-state index in [2.05, 4.69) is 34.2 Å². The zero-order chi connectivity index (χ0) is 11.0. The smallest absolute Gasteiger partial charge is 0.0915 e. The summed E-state index contributed by atoms with van der Waals surface area (Å²) in [7, 11) is 2.11. The van der Waals surface area contributed by atoms with Crippen molar-refractivity contribution in [1.82, 2.24) is 14.9 Å². The molecule has 3 nitrogen and oxygen atoms in total. The number of pyridine rings is 1. The van der Waals surface area contributed by atoms with Gasteiger partial charge in [0.05, 0.1) is 11.0 Å². The van der Waals surface area contributed by atoms with Crippen molar-refractivity contribution in [3.63, 3.8) is 0 Å². The first-order valence-electron chi connectivity index (χ1n) is 5.97. The van der Waals surface area contributed by atoms with Gasteiger partial charge in [0.2, 0.25) is 0 Å². The molecule has 2 aromatic rings. The maximum absolute atomic E-state index is 4.54. The zero-order valence-corrected chi connectivity index (χ0v) is 9.61.